The van der Waals surface area contributed by atoms with Gasteiger partial charge in [-0.2, -0.15) is 11.3 Å². The third kappa shape index (κ3) is 3.92. The van der Waals surface area contributed by atoms with Gasteiger partial charge >= 0.3 is 0 Å². The normalized spacial score (nSPS) is 11.9. The maximum Gasteiger partial charge on any atom is 0.0218 e. The van der Waals surface area contributed by atoms with Crippen LogP contribution in [-0.2, 0) is 6.54 Å². The minimum absolute atomic E-state index is 0.274. The number of hydrogen-bond donors (Lipinski definition) is 1. The van der Waals surface area contributed by atoms with Gasteiger partial charge in [-0.3, -0.25) is 0 Å². The van der Waals surface area contributed by atoms with E-state index in [1.54, 1.807) is 11.3 Å². The highest BCUT2D eigenvalue weighted by molar-refractivity contribution is 7.07. The summed E-state index contributed by atoms with van der Waals surface area (Å²) < 4.78 is 0. The van der Waals surface area contributed by atoms with E-state index in [9.17, 15) is 0 Å². The van der Waals surface area contributed by atoms with E-state index in [-0.39, 0.29) is 5.54 Å². The molecule has 13 heavy (non-hydrogen) atoms. The van der Waals surface area contributed by atoms with Crippen molar-refractivity contribution in [3.8, 4) is 0 Å². The van der Waals surface area contributed by atoms with Gasteiger partial charge in [0.1, 0.15) is 0 Å². The summed E-state index contributed by atoms with van der Waals surface area (Å²) in [4.78, 5) is 0. The average Bonchev–Trinajstić information content (AvgIpc) is 2.52. The van der Waals surface area contributed by atoms with Crippen LogP contribution >= 0.6 is 11.3 Å². The molecule has 0 fully saturated rings. The number of nitrogens with one attached hydrogen (secondary N) is 1. The van der Waals surface area contributed by atoms with E-state index in [1.165, 1.54) is 18.4 Å². The molecule has 1 nitrogen and oxygen atoms in total. The van der Waals surface area contributed by atoms with Crippen LogP contribution < -0.4 is 5.32 Å². The molecule has 0 atom stereocenters. The zero-order valence-corrected chi connectivity index (χ0v) is 9.58. The fourth-order valence-electron chi connectivity index (χ4n) is 1.45. The van der Waals surface area contributed by atoms with Crippen LogP contribution in [0.1, 0.15) is 39.2 Å². The Morgan fingerprint density at radius 1 is 1.46 bits per heavy atom. The highest BCUT2D eigenvalue weighted by Gasteiger charge is 2.14. The van der Waals surface area contributed by atoms with E-state index < -0.39 is 0 Å². The Labute approximate surface area is 85.2 Å². The summed E-state index contributed by atoms with van der Waals surface area (Å²) in [5, 5.41) is 7.90. The molecule has 1 aromatic rings. The molecule has 1 rings (SSSR count). The first-order valence-corrected chi connectivity index (χ1v) is 5.84. The first-order chi connectivity index (χ1) is 6.14. The van der Waals surface area contributed by atoms with Crippen LogP contribution in [0.4, 0.5) is 0 Å². The van der Waals surface area contributed by atoms with E-state index in [1.807, 2.05) is 0 Å². The van der Waals surface area contributed by atoms with Crippen molar-refractivity contribution in [3.63, 3.8) is 0 Å². The smallest absolute Gasteiger partial charge is 0.0218 e. The molecule has 0 saturated heterocycles. The molecule has 0 amide bonds. The quantitative estimate of drug-likeness (QED) is 0.762. The SMILES string of the molecule is CCCC(C)(C)NCc1ccsc1. The maximum absolute atomic E-state index is 3.57. The molecule has 0 radical (unpaired) electrons. The van der Waals surface area contributed by atoms with Crippen LogP contribution in [0, 0.1) is 0 Å². The third-order valence-electron chi connectivity index (χ3n) is 2.23. The summed E-state index contributed by atoms with van der Waals surface area (Å²) in [6, 6.07) is 2.18. The minimum atomic E-state index is 0.274. The van der Waals surface area contributed by atoms with Crippen LogP contribution in [-0.4, -0.2) is 5.54 Å². The van der Waals surface area contributed by atoms with E-state index >= 15 is 0 Å². The molecule has 0 aliphatic rings. The summed E-state index contributed by atoms with van der Waals surface area (Å²) in [7, 11) is 0. The van der Waals surface area contributed by atoms with Crippen molar-refractivity contribution in [1.29, 1.82) is 0 Å². The second kappa shape index (κ2) is 4.77. The average molecular weight is 197 g/mol. The third-order valence-corrected chi connectivity index (χ3v) is 2.96. The highest BCUT2D eigenvalue weighted by atomic mass is 32.1. The van der Waals surface area contributed by atoms with Crippen molar-refractivity contribution < 1.29 is 0 Å². The lowest BCUT2D eigenvalue weighted by molar-refractivity contribution is 0.357. The Morgan fingerprint density at radius 3 is 2.77 bits per heavy atom. The van der Waals surface area contributed by atoms with Gasteiger partial charge in [-0.15, -0.1) is 0 Å². The second-order valence-corrected chi connectivity index (χ2v) is 4.90. The molecule has 2 heteroatoms. The monoisotopic (exact) mass is 197 g/mol. The molecular formula is C11H19NS. The first-order valence-electron chi connectivity index (χ1n) is 4.90. The number of rotatable bonds is 5. The Balaban J connectivity index is 2.33. The topological polar surface area (TPSA) is 12.0 Å². The van der Waals surface area contributed by atoms with Crippen molar-refractivity contribution in [2.24, 2.45) is 0 Å². The van der Waals surface area contributed by atoms with Crippen molar-refractivity contribution in [3.05, 3.63) is 22.4 Å². The molecule has 0 unspecified atom stereocenters. The Kier molecular flexibility index (Phi) is 3.94. The summed E-state index contributed by atoms with van der Waals surface area (Å²) in [5.41, 5.74) is 1.67. The maximum atomic E-state index is 3.57. The Bertz CT molecular complexity index is 226. The van der Waals surface area contributed by atoms with Crippen molar-refractivity contribution in [2.75, 3.05) is 0 Å². The van der Waals surface area contributed by atoms with Gasteiger partial charge in [-0.1, -0.05) is 13.3 Å². The van der Waals surface area contributed by atoms with E-state index in [0.717, 1.165) is 6.54 Å². The molecule has 0 bridgehead atoms. The largest absolute Gasteiger partial charge is 0.308 e. The summed E-state index contributed by atoms with van der Waals surface area (Å²) in [6.45, 7) is 7.76. The predicted octanol–water partition coefficient (Wildman–Crippen LogP) is 3.42. The van der Waals surface area contributed by atoms with Crippen LogP contribution in [0.15, 0.2) is 16.8 Å². The van der Waals surface area contributed by atoms with Crippen molar-refractivity contribution in [1.82, 2.24) is 5.32 Å². The fraction of sp³-hybridized carbons (Fsp3) is 0.636. The van der Waals surface area contributed by atoms with Crippen molar-refractivity contribution >= 4 is 11.3 Å². The van der Waals surface area contributed by atoms with Crippen LogP contribution in [0.25, 0.3) is 0 Å². The van der Waals surface area contributed by atoms with Gasteiger partial charge in [-0.25, -0.2) is 0 Å². The van der Waals surface area contributed by atoms with Crippen LogP contribution in [0.5, 0.6) is 0 Å². The van der Waals surface area contributed by atoms with Gasteiger partial charge in [0, 0.05) is 12.1 Å². The lowest BCUT2D eigenvalue weighted by Gasteiger charge is -2.25. The Morgan fingerprint density at radius 2 is 2.23 bits per heavy atom. The van der Waals surface area contributed by atoms with Crippen LogP contribution in [0.3, 0.4) is 0 Å². The molecule has 0 spiro atoms. The molecule has 1 N–H and O–H groups in total. The summed E-state index contributed by atoms with van der Waals surface area (Å²) in [6.07, 6.45) is 2.47. The second-order valence-electron chi connectivity index (χ2n) is 4.12. The Hall–Kier alpha value is -0.340. The zero-order valence-electron chi connectivity index (χ0n) is 8.76. The molecule has 0 saturated carbocycles. The lowest BCUT2D eigenvalue weighted by atomic mass is 9.99. The lowest BCUT2D eigenvalue weighted by Crippen LogP contribution is -2.38. The molecule has 1 heterocycles. The van der Waals surface area contributed by atoms with Gasteiger partial charge < -0.3 is 5.32 Å². The van der Waals surface area contributed by atoms with Crippen LogP contribution in [0.2, 0.25) is 0 Å². The van der Waals surface area contributed by atoms with E-state index in [4.69, 9.17) is 0 Å². The van der Waals surface area contributed by atoms with E-state index in [0.29, 0.717) is 0 Å². The van der Waals surface area contributed by atoms with Gasteiger partial charge in [0.15, 0.2) is 0 Å². The standard InChI is InChI=1S/C11H19NS/c1-4-6-11(2,3)12-8-10-5-7-13-9-10/h5,7,9,12H,4,6,8H2,1-3H3. The van der Waals surface area contributed by atoms with Gasteiger partial charge in [0.2, 0.25) is 0 Å². The van der Waals surface area contributed by atoms with Gasteiger partial charge in [-0.05, 0) is 42.7 Å². The molecule has 0 aliphatic carbocycles. The van der Waals surface area contributed by atoms with Gasteiger partial charge in [0.25, 0.3) is 0 Å². The highest BCUT2D eigenvalue weighted by Crippen LogP contribution is 2.13. The first kappa shape index (κ1) is 10.7. The van der Waals surface area contributed by atoms with Gasteiger partial charge in [0.05, 0.1) is 0 Å². The minimum Gasteiger partial charge on any atom is -0.308 e. The molecule has 0 aromatic carbocycles. The summed E-state index contributed by atoms with van der Waals surface area (Å²) in [5.74, 6) is 0. The zero-order chi connectivity index (χ0) is 9.73. The number of hydrogen-bond acceptors (Lipinski definition) is 2. The number of thiophene rings is 1. The fourth-order valence-corrected chi connectivity index (χ4v) is 2.12. The predicted molar refractivity (Wildman–Crippen MR) is 60.1 cm³/mol. The molecule has 1 aromatic heterocycles. The summed E-state index contributed by atoms with van der Waals surface area (Å²) >= 11 is 1.76. The van der Waals surface area contributed by atoms with E-state index in [2.05, 4.69) is 42.9 Å². The molecular weight excluding hydrogens is 178 g/mol. The molecule has 0 aliphatic heterocycles. The van der Waals surface area contributed by atoms with Crippen molar-refractivity contribution in [2.45, 2.75) is 45.7 Å². The molecule has 74 valence electrons.